The molecule has 5 heteroatoms. The van der Waals surface area contributed by atoms with Crippen molar-refractivity contribution in [1.29, 1.82) is 0 Å². The zero-order valence-corrected chi connectivity index (χ0v) is 11.7. The van der Waals surface area contributed by atoms with Crippen LogP contribution in [0.1, 0.15) is 43.1 Å². The van der Waals surface area contributed by atoms with E-state index in [4.69, 9.17) is 5.73 Å². The van der Waals surface area contributed by atoms with Gasteiger partial charge >= 0.3 is 0 Å². The molecule has 1 aromatic heterocycles. The summed E-state index contributed by atoms with van der Waals surface area (Å²) in [6.45, 7) is 7.95. The highest BCUT2D eigenvalue weighted by Crippen LogP contribution is 2.19. The third-order valence-electron chi connectivity index (χ3n) is 2.93. The predicted molar refractivity (Wildman–Crippen MR) is 70.8 cm³/mol. The Bertz CT molecular complexity index is 378. The average Bonchev–Trinajstić information content (AvgIpc) is 2.73. The van der Waals surface area contributed by atoms with Crippen LogP contribution in [-0.2, 0) is 4.79 Å². The van der Waals surface area contributed by atoms with Crippen molar-refractivity contribution in [2.45, 2.75) is 46.2 Å². The molecule has 1 rings (SSSR count). The molecule has 0 aliphatic carbocycles. The van der Waals surface area contributed by atoms with Crippen molar-refractivity contribution in [3.05, 3.63) is 16.1 Å². The molecule has 4 nitrogen and oxygen atoms in total. The molecule has 1 aromatic rings. The van der Waals surface area contributed by atoms with Crippen LogP contribution in [0.3, 0.4) is 0 Å². The largest absolute Gasteiger partial charge is 0.346 e. The topological polar surface area (TPSA) is 68.0 Å². The highest BCUT2D eigenvalue weighted by Gasteiger charge is 2.21. The summed E-state index contributed by atoms with van der Waals surface area (Å²) < 4.78 is 0. The van der Waals surface area contributed by atoms with Gasteiger partial charge in [-0.05, 0) is 19.8 Å². The van der Waals surface area contributed by atoms with Gasteiger partial charge in [-0.15, -0.1) is 11.3 Å². The molecule has 0 bridgehead atoms. The number of hydrogen-bond donors (Lipinski definition) is 2. The molecule has 0 spiro atoms. The third-order valence-corrected chi connectivity index (χ3v) is 4.02. The van der Waals surface area contributed by atoms with E-state index in [2.05, 4.69) is 10.3 Å². The van der Waals surface area contributed by atoms with E-state index in [1.807, 2.05) is 33.9 Å². The molecule has 3 atom stereocenters. The van der Waals surface area contributed by atoms with E-state index < -0.39 is 6.04 Å². The van der Waals surface area contributed by atoms with Crippen LogP contribution in [0, 0.1) is 12.8 Å². The summed E-state index contributed by atoms with van der Waals surface area (Å²) in [5, 5.41) is 3.83. The van der Waals surface area contributed by atoms with Crippen LogP contribution in [0.2, 0.25) is 0 Å². The Kier molecular flexibility index (Phi) is 5.08. The van der Waals surface area contributed by atoms with E-state index in [-0.39, 0.29) is 17.9 Å². The molecule has 0 fully saturated rings. The van der Waals surface area contributed by atoms with Crippen molar-refractivity contribution in [3.8, 4) is 0 Å². The number of nitrogens with one attached hydrogen (secondary N) is 1. The maximum Gasteiger partial charge on any atom is 0.237 e. The van der Waals surface area contributed by atoms with Crippen LogP contribution in [0.25, 0.3) is 0 Å². The van der Waals surface area contributed by atoms with Crippen LogP contribution < -0.4 is 11.1 Å². The Morgan fingerprint density at radius 3 is 2.71 bits per heavy atom. The first-order valence-corrected chi connectivity index (χ1v) is 6.75. The molecular formula is C12H21N3OS. The maximum absolute atomic E-state index is 11.9. The minimum atomic E-state index is -0.441. The minimum Gasteiger partial charge on any atom is -0.346 e. The van der Waals surface area contributed by atoms with Gasteiger partial charge < -0.3 is 11.1 Å². The maximum atomic E-state index is 11.9. The fraction of sp³-hybridized carbons (Fsp3) is 0.667. The molecule has 0 aromatic carbocycles. The molecule has 3 N–H and O–H groups in total. The standard InChI is InChI=1S/C12H21N3OS/c1-5-7(2)10(13)11(16)15-9(4)12-14-6-8(3)17-12/h6-7,9-10H,5,13H2,1-4H3,(H,15,16)/t7-,9?,10-/m0/s1. The SMILES string of the molecule is CC[C@H](C)[C@H](N)C(=O)NC(C)c1ncc(C)s1. The van der Waals surface area contributed by atoms with Crippen LogP contribution in [0.15, 0.2) is 6.20 Å². The van der Waals surface area contributed by atoms with Gasteiger partial charge in [-0.25, -0.2) is 4.98 Å². The molecule has 0 aliphatic rings. The molecule has 0 saturated carbocycles. The lowest BCUT2D eigenvalue weighted by Gasteiger charge is -2.20. The van der Waals surface area contributed by atoms with Gasteiger partial charge in [0, 0.05) is 11.1 Å². The number of aromatic nitrogens is 1. The van der Waals surface area contributed by atoms with Gasteiger partial charge in [-0.1, -0.05) is 20.3 Å². The highest BCUT2D eigenvalue weighted by atomic mass is 32.1. The summed E-state index contributed by atoms with van der Waals surface area (Å²) in [5.41, 5.74) is 5.87. The zero-order valence-electron chi connectivity index (χ0n) is 10.9. The second-order valence-electron chi connectivity index (χ2n) is 4.45. The number of aryl methyl sites for hydroxylation is 1. The van der Waals surface area contributed by atoms with Crippen LogP contribution in [0.4, 0.5) is 0 Å². The number of thiazole rings is 1. The van der Waals surface area contributed by atoms with Crippen molar-refractivity contribution >= 4 is 17.2 Å². The van der Waals surface area contributed by atoms with Crippen LogP contribution in [-0.4, -0.2) is 16.9 Å². The third kappa shape index (κ3) is 3.78. The molecule has 17 heavy (non-hydrogen) atoms. The van der Waals surface area contributed by atoms with Crippen LogP contribution >= 0.6 is 11.3 Å². The van der Waals surface area contributed by atoms with Crippen molar-refractivity contribution in [3.63, 3.8) is 0 Å². The van der Waals surface area contributed by atoms with E-state index in [0.717, 1.165) is 16.3 Å². The van der Waals surface area contributed by atoms with Crippen LogP contribution in [0.5, 0.6) is 0 Å². The average molecular weight is 255 g/mol. The lowest BCUT2D eigenvalue weighted by Crippen LogP contribution is -2.45. The summed E-state index contributed by atoms with van der Waals surface area (Å²) in [5.74, 6) is 0.0972. The monoisotopic (exact) mass is 255 g/mol. The van der Waals surface area contributed by atoms with Gasteiger partial charge in [0.05, 0.1) is 12.1 Å². The number of carbonyl (C=O) groups excluding carboxylic acids is 1. The lowest BCUT2D eigenvalue weighted by atomic mass is 9.99. The Labute approximate surface area is 107 Å². The quantitative estimate of drug-likeness (QED) is 0.845. The van der Waals surface area contributed by atoms with E-state index in [1.54, 1.807) is 11.3 Å². The molecular weight excluding hydrogens is 234 g/mol. The zero-order chi connectivity index (χ0) is 13.0. The van der Waals surface area contributed by atoms with E-state index in [0.29, 0.717) is 0 Å². The number of nitrogens with two attached hydrogens (primary N) is 1. The summed E-state index contributed by atoms with van der Waals surface area (Å²) >= 11 is 1.60. The fourth-order valence-electron chi connectivity index (χ4n) is 1.46. The second-order valence-corrected chi connectivity index (χ2v) is 5.72. The first-order chi connectivity index (χ1) is 7.95. The Morgan fingerprint density at radius 2 is 2.24 bits per heavy atom. The molecule has 1 amide bonds. The Balaban J connectivity index is 2.57. The Hall–Kier alpha value is -0.940. The summed E-state index contributed by atoms with van der Waals surface area (Å²) in [6, 6.07) is -0.514. The number of amides is 1. The van der Waals surface area contributed by atoms with E-state index >= 15 is 0 Å². The summed E-state index contributed by atoms with van der Waals surface area (Å²) in [4.78, 5) is 17.3. The highest BCUT2D eigenvalue weighted by molar-refractivity contribution is 7.11. The molecule has 1 heterocycles. The Morgan fingerprint density at radius 1 is 1.59 bits per heavy atom. The molecule has 1 unspecified atom stereocenters. The summed E-state index contributed by atoms with van der Waals surface area (Å²) in [6.07, 6.45) is 2.72. The van der Waals surface area contributed by atoms with Gasteiger partial charge in [-0.2, -0.15) is 0 Å². The number of rotatable bonds is 5. The van der Waals surface area contributed by atoms with Gasteiger partial charge in [0.1, 0.15) is 5.01 Å². The lowest BCUT2D eigenvalue weighted by molar-refractivity contribution is -0.124. The summed E-state index contributed by atoms with van der Waals surface area (Å²) in [7, 11) is 0. The molecule has 96 valence electrons. The van der Waals surface area contributed by atoms with Crippen molar-refractivity contribution < 1.29 is 4.79 Å². The van der Waals surface area contributed by atoms with Crippen molar-refractivity contribution in [2.75, 3.05) is 0 Å². The van der Waals surface area contributed by atoms with E-state index in [1.165, 1.54) is 0 Å². The first-order valence-electron chi connectivity index (χ1n) is 5.94. The van der Waals surface area contributed by atoms with Gasteiger partial charge in [0.2, 0.25) is 5.91 Å². The van der Waals surface area contributed by atoms with Gasteiger partial charge in [-0.3, -0.25) is 4.79 Å². The smallest absolute Gasteiger partial charge is 0.237 e. The number of hydrogen-bond acceptors (Lipinski definition) is 4. The molecule has 0 saturated heterocycles. The first kappa shape index (κ1) is 14.1. The van der Waals surface area contributed by atoms with E-state index in [9.17, 15) is 4.79 Å². The second kappa shape index (κ2) is 6.12. The molecule has 0 aliphatic heterocycles. The van der Waals surface area contributed by atoms with Gasteiger partial charge in [0.15, 0.2) is 0 Å². The normalized spacial score (nSPS) is 16.3. The van der Waals surface area contributed by atoms with Crippen molar-refractivity contribution in [1.82, 2.24) is 10.3 Å². The van der Waals surface area contributed by atoms with Crippen molar-refractivity contribution in [2.24, 2.45) is 11.7 Å². The van der Waals surface area contributed by atoms with Gasteiger partial charge in [0.25, 0.3) is 0 Å². The molecule has 0 radical (unpaired) electrons. The predicted octanol–water partition coefficient (Wildman–Crippen LogP) is 2.00. The minimum absolute atomic E-state index is 0.0729. The fourth-order valence-corrected chi connectivity index (χ4v) is 2.23. The number of carbonyl (C=O) groups is 1. The number of nitrogens with zero attached hydrogens (tertiary/aromatic N) is 1.